The van der Waals surface area contributed by atoms with Gasteiger partial charge in [-0.2, -0.15) is 0 Å². The molecule has 3 aliphatic rings. The van der Waals surface area contributed by atoms with Crippen molar-refractivity contribution in [1.29, 1.82) is 0 Å². The largest absolute Gasteiger partial charge is 0.303 e. The predicted molar refractivity (Wildman–Crippen MR) is 86.4 cm³/mol. The van der Waals surface area contributed by atoms with E-state index in [1.165, 1.54) is 0 Å². The van der Waals surface area contributed by atoms with Crippen LogP contribution in [0.5, 0.6) is 0 Å². The van der Waals surface area contributed by atoms with Gasteiger partial charge in [-0.25, -0.2) is 0 Å². The van der Waals surface area contributed by atoms with Gasteiger partial charge in [0, 0.05) is 32.7 Å². The van der Waals surface area contributed by atoms with Gasteiger partial charge in [0.05, 0.1) is 11.1 Å². The number of carbonyl (C=O) groups is 4. The zero-order valence-corrected chi connectivity index (χ0v) is 13.6. The van der Waals surface area contributed by atoms with E-state index in [4.69, 9.17) is 0 Å². The van der Waals surface area contributed by atoms with Crippen molar-refractivity contribution in [1.82, 2.24) is 20.4 Å². The maximum absolute atomic E-state index is 12.9. The number of rotatable bonds is 3. The molecule has 2 saturated heterocycles. The number of nitrogens with zero attached hydrogens (tertiary/aromatic N) is 2. The quantitative estimate of drug-likeness (QED) is 0.715. The van der Waals surface area contributed by atoms with E-state index in [0.29, 0.717) is 17.7 Å². The molecule has 1 aromatic carbocycles. The van der Waals surface area contributed by atoms with Crippen LogP contribution in [-0.4, -0.2) is 59.2 Å². The third-order valence-electron chi connectivity index (χ3n) is 4.89. The highest BCUT2D eigenvalue weighted by atomic mass is 16.2. The summed E-state index contributed by atoms with van der Waals surface area (Å²) in [5.41, 5.74) is 1.50. The highest BCUT2D eigenvalue weighted by Gasteiger charge is 2.45. The molecular formula is C17H18N4O4. The van der Waals surface area contributed by atoms with Crippen LogP contribution in [0, 0.1) is 0 Å². The maximum Gasteiger partial charge on any atom is 0.262 e. The zero-order chi connectivity index (χ0) is 17.6. The maximum atomic E-state index is 12.9. The number of carbonyl (C=O) groups excluding carboxylic acids is 4. The number of hydrogen-bond acceptors (Lipinski definition) is 6. The molecule has 1 aromatic rings. The summed E-state index contributed by atoms with van der Waals surface area (Å²) in [6.45, 7) is 3.08. The number of imide groups is 2. The number of fused-ring (bicyclic) bond motifs is 1. The predicted octanol–water partition coefficient (Wildman–Crippen LogP) is -0.549. The number of hydrogen-bond donors (Lipinski definition) is 2. The van der Waals surface area contributed by atoms with Gasteiger partial charge in [-0.15, -0.1) is 0 Å². The van der Waals surface area contributed by atoms with Gasteiger partial charge in [0.25, 0.3) is 11.8 Å². The van der Waals surface area contributed by atoms with Gasteiger partial charge in [0.2, 0.25) is 11.8 Å². The molecular weight excluding hydrogens is 324 g/mol. The first-order valence-electron chi connectivity index (χ1n) is 8.33. The molecule has 25 heavy (non-hydrogen) atoms. The van der Waals surface area contributed by atoms with Crippen LogP contribution >= 0.6 is 0 Å². The SMILES string of the molecule is O=C1CCC(N2C(=O)c3cccc(CN4CCNC4)c3C2=O)C(=O)N1. The summed E-state index contributed by atoms with van der Waals surface area (Å²) >= 11 is 0. The summed E-state index contributed by atoms with van der Waals surface area (Å²) in [5.74, 6) is -1.87. The Labute approximate surface area is 144 Å². The van der Waals surface area contributed by atoms with E-state index < -0.39 is 23.8 Å². The van der Waals surface area contributed by atoms with Crippen molar-refractivity contribution >= 4 is 23.6 Å². The molecule has 130 valence electrons. The second-order valence-corrected chi connectivity index (χ2v) is 6.50. The van der Waals surface area contributed by atoms with Crippen molar-refractivity contribution in [3.63, 3.8) is 0 Å². The lowest BCUT2D eigenvalue weighted by Gasteiger charge is -2.27. The molecule has 3 heterocycles. The van der Waals surface area contributed by atoms with Gasteiger partial charge in [-0.1, -0.05) is 12.1 Å². The average molecular weight is 342 g/mol. The van der Waals surface area contributed by atoms with Crippen LogP contribution < -0.4 is 10.6 Å². The molecule has 8 heteroatoms. The van der Waals surface area contributed by atoms with Crippen LogP contribution in [0.25, 0.3) is 0 Å². The summed E-state index contributed by atoms with van der Waals surface area (Å²) in [4.78, 5) is 52.3. The van der Waals surface area contributed by atoms with Gasteiger partial charge in [-0.05, 0) is 18.1 Å². The number of nitrogens with one attached hydrogen (secondary N) is 2. The normalized spacial score (nSPS) is 24.0. The lowest BCUT2D eigenvalue weighted by molar-refractivity contribution is -0.136. The molecule has 8 nitrogen and oxygen atoms in total. The van der Waals surface area contributed by atoms with E-state index in [1.54, 1.807) is 12.1 Å². The van der Waals surface area contributed by atoms with Crippen molar-refractivity contribution in [2.45, 2.75) is 25.4 Å². The van der Waals surface area contributed by atoms with Crippen molar-refractivity contribution in [2.24, 2.45) is 0 Å². The van der Waals surface area contributed by atoms with Crippen LogP contribution in [0.2, 0.25) is 0 Å². The van der Waals surface area contributed by atoms with Crippen LogP contribution in [0.1, 0.15) is 39.1 Å². The molecule has 0 saturated carbocycles. The van der Waals surface area contributed by atoms with Crippen LogP contribution in [0.15, 0.2) is 18.2 Å². The molecule has 0 bridgehead atoms. The lowest BCUT2D eigenvalue weighted by Crippen LogP contribution is -2.54. The summed E-state index contributed by atoms with van der Waals surface area (Å²) in [7, 11) is 0. The third kappa shape index (κ3) is 2.63. The summed E-state index contributed by atoms with van der Waals surface area (Å²) in [6.07, 6.45) is 0.289. The second-order valence-electron chi connectivity index (χ2n) is 6.50. The monoisotopic (exact) mass is 342 g/mol. The van der Waals surface area contributed by atoms with Crippen molar-refractivity contribution < 1.29 is 19.2 Å². The fourth-order valence-corrected chi connectivity index (χ4v) is 3.65. The highest BCUT2D eigenvalue weighted by Crippen LogP contribution is 2.30. The summed E-state index contributed by atoms with van der Waals surface area (Å²) in [6, 6.07) is 4.30. The summed E-state index contributed by atoms with van der Waals surface area (Å²) < 4.78 is 0. The molecule has 4 amide bonds. The first kappa shape index (κ1) is 15.9. The second kappa shape index (κ2) is 6.05. The Morgan fingerprint density at radius 2 is 1.96 bits per heavy atom. The van der Waals surface area contributed by atoms with E-state index in [1.807, 2.05) is 6.07 Å². The number of piperidine rings is 1. The minimum atomic E-state index is -0.925. The van der Waals surface area contributed by atoms with Gasteiger partial charge in [0.15, 0.2) is 0 Å². The van der Waals surface area contributed by atoms with Crippen LogP contribution in [-0.2, 0) is 16.1 Å². The highest BCUT2D eigenvalue weighted by molar-refractivity contribution is 6.24. The van der Waals surface area contributed by atoms with E-state index in [-0.39, 0.29) is 18.7 Å². The molecule has 0 radical (unpaired) electrons. The molecule has 1 unspecified atom stereocenters. The minimum Gasteiger partial charge on any atom is -0.303 e. The Morgan fingerprint density at radius 3 is 2.68 bits per heavy atom. The minimum absolute atomic E-state index is 0.121. The van der Waals surface area contributed by atoms with Crippen molar-refractivity contribution in [2.75, 3.05) is 19.8 Å². The Kier molecular flexibility index (Phi) is 3.85. The lowest BCUT2D eigenvalue weighted by atomic mass is 10.0. The number of amides is 4. The van der Waals surface area contributed by atoms with Crippen LogP contribution in [0.4, 0.5) is 0 Å². The number of benzene rings is 1. The Morgan fingerprint density at radius 1 is 1.12 bits per heavy atom. The van der Waals surface area contributed by atoms with E-state index in [9.17, 15) is 19.2 Å². The first-order chi connectivity index (χ1) is 12.1. The Hall–Kier alpha value is -2.58. The fraction of sp³-hybridized carbons (Fsp3) is 0.412. The van der Waals surface area contributed by atoms with Gasteiger partial charge >= 0.3 is 0 Å². The van der Waals surface area contributed by atoms with E-state index in [0.717, 1.165) is 30.2 Å². The molecule has 2 fully saturated rings. The molecule has 0 aliphatic carbocycles. The molecule has 0 aromatic heterocycles. The average Bonchev–Trinajstić information content (AvgIpc) is 3.17. The first-order valence-corrected chi connectivity index (χ1v) is 8.33. The van der Waals surface area contributed by atoms with E-state index in [2.05, 4.69) is 15.5 Å². The molecule has 1 atom stereocenters. The van der Waals surface area contributed by atoms with Crippen LogP contribution in [0.3, 0.4) is 0 Å². The topological polar surface area (TPSA) is 98.8 Å². The Bertz CT molecular complexity index is 785. The molecule has 3 aliphatic heterocycles. The van der Waals surface area contributed by atoms with Gasteiger partial charge < -0.3 is 5.32 Å². The van der Waals surface area contributed by atoms with Crippen molar-refractivity contribution in [3.8, 4) is 0 Å². The van der Waals surface area contributed by atoms with Crippen molar-refractivity contribution in [3.05, 3.63) is 34.9 Å². The smallest absolute Gasteiger partial charge is 0.262 e. The van der Waals surface area contributed by atoms with Gasteiger partial charge in [-0.3, -0.25) is 34.3 Å². The van der Waals surface area contributed by atoms with Gasteiger partial charge in [0.1, 0.15) is 6.04 Å². The van der Waals surface area contributed by atoms with E-state index >= 15 is 0 Å². The standard InChI is InChI=1S/C17H18N4O4/c22-13-5-4-12(15(23)19-13)21-16(24)11-3-1-2-10(14(11)17(21)25)8-20-7-6-18-9-20/h1-3,12,18H,4-9H2,(H,19,22,23). The Balaban J connectivity index is 1.65. The molecule has 4 rings (SSSR count). The third-order valence-corrected chi connectivity index (χ3v) is 4.89. The fourth-order valence-electron chi connectivity index (χ4n) is 3.65. The summed E-state index contributed by atoms with van der Waals surface area (Å²) in [5, 5.41) is 5.44. The zero-order valence-electron chi connectivity index (χ0n) is 13.6. The molecule has 2 N–H and O–H groups in total. The molecule has 0 spiro atoms.